The largest absolute Gasteiger partial charge is 0.300 e. The molecular weight excluding hydrogens is 136 g/mol. The lowest BCUT2D eigenvalue weighted by Crippen LogP contribution is -2.11. The number of carbonyl (C=O) groups is 1. The molecule has 2 atom stereocenters. The Morgan fingerprint density at radius 3 is 2.73 bits per heavy atom. The highest BCUT2D eigenvalue weighted by atomic mass is 16.1. The molecule has 2 aliphatic rings. The van der Waals surface area contributed by atoms with Crippen molar-refractivity contribution in [1.82, 2.24) is 0 Å². The van der Waals surface area contributed by atoms with Gasteiger partial charge in [0.15, 0.2) is 0 Å². The maximum atomic E-state index is 11.1. The molecule has 0 saturated heterocycles. The Kier molecular flexibility index (Phi) is 1.55. The van der Waals surface area contributed by atoms with Crippen LogP contribution in [0.5, 0.6) is 0 Å². The van der Waals surface area contributed by atoms with Crippen LogP contribution in [0.4, 0.5) is 0 Å². The van der Waals surface area contributed by atoms with Gasteiger partial charge in [0.05, 0.1) is 0 Å². The number of ketones is 1. The summed E-state index contributed by atoms with van der Waals surface area (Å²) < 4.78 is 0. The molecule has 0 amide bonds. The molecule has 0 N–H and O–H groups in total. The fourth-order valence-corrected chi connectivity index (χ4v) is 2.88. The predicted octanol–water partition coefficient (Wildman–Crippen LogP) is 2.55. The summed E-state index contributed by atoms with van der Waals surface area (Å²) in [5.41, 5.74) is 0.483. The van der Waals surface area contributed by atoms with E-state index in [0.717, 1.165) is 18.8 Å². The number of rotatable bonds is 0. The first-order chi connectivity index (χ1) is 5.20. The van der Waals surface area contributed by atoms with Crippen molar-refractivity contribution in [2.24, 2.45) is 11.3 Å². The van der Waals surface area contributed by atoms with E-state index in [0.29, 0.717) is 11.2 Å². The van der Waals surface area contributed by atoms with Gasteiger partial charge in [-0.2, -0.15) is 0 Å². The molecule has 2 fully saturated rings. The maximum Gasteiger partial charge on any atom is 0.133 e. The Hall–Kier alpha value is -0.330. The Morgan fingerprint density at radius 1 is 1.45 bits per heavy atom. The van der Waals surface area contributed by atoms with E-state index in [1.54, 1.807) is 0 Å². The lowest BCUT2D eigenvalue weighted by Gasteiger charge is -2.20. The van der Waals surface area contributed by atoms with Gasteiger partial charge in [0.25, 0.3) is 0 Å². The predicted molar refractivity (Wildman–Crippen MR) is 44.3 cm³/mol. The van der Waals surface area contributed by atoms with E-state index >= 15 is 0 Å². The molecule has 1 spiro atoms. The monoisotopic (exact) mass is 152 g/mol. The van der Waals surface area contributed by atoms with Crippen LogP contribution >= 0.6 is 0 Å². The third kappa shape index (κ3) is 1.21. The lowest BCUT2D eigenvalue weighted by molar-refractivity contribution is -0.118. The van der Waals surface area contributed by atoms with Crippen LogP contribution in [-0.4, -0.2) is 5.78 Å². The second kappa shape index (κ2) is 2.33. The molecule has 0 radical (unpaired) electrons. The van der Waals surface area contributed by atoms with Crippen molar-refractivity contribution in [3.05, 3.63) is 0 Å². The van der Waals surface area contributed by atoms with Crippen LogP contribution in [0.3, 0.4) is 0 Å². The summed E-state index contributed by atoms with van der Waals surface area (Å²) in [6, 6.07) is 0. The van der Waals surface area contributed by atoms with Gasteiger partial charge in [0.2, 0.25) is 0 Å². The normalized spacial score (nSPS) is 44.1. The molecule has 0 aromatic rings. The van der Waals surface area contributed by atoms with Gasteiger partial charge in [0.1, 0.15) is 5.78 Å². The molecule has 1 nitrogen and oxygen atoms in total. The van der Waals surface area contributed by atoms with Crippen molar-refractivity contribution in [3.8, 4) is 0 Å². The summed E-state index contributed by atoms with van der Waals surface area (Å²) in [5.74, 6) is 1.39. The number of Topliss-reactive ketones (excluding diaryl/α,β-unsaturated/α-hetero) is 1. The third-order valence-electron chi connectivity index (χ3n) is 3.46. The van der Waals surface area contributed by atoms with Crippen LogP contribution in [-0.2, 0) is 4.79 Å². The molecule has 11 heavy (non-hydrogen) atoms. The van der Waals surface area contributed by atoms with E-state index in [4.69, 9.17) is 0 Å². The molecule has 1 heteroatoms. The van der Waals surface area contributed by atoms with Gasteiger partial charge < -0.3 is 0 Å². The molecule has 62 valence electrons. The van der Waals surface area contributed by atoms with Crippen LogP contribution < -0.4 is 0 Å². The van der Waals surface area contributed by atoms with Gasteiger partial charge in [-0.3, -0.25) is 4.79 Å². The van der Waals surface area contributed by atoms with Gasteiger partial charge in [-0.15, -0.1) is 0 Å². The average molecular weight is 152 g/mol. The van der Waals surface area contributed by atoms with E-state index in [2.05, 4.69) is 6.92 Å². The molecule has 0 aliphatic heterocycles. The van der Waals surface area contributed by atoms with Gasteiger partial charge >= 0.3 is 0 Å². The van der Waals surface area contributed by atoms with Crippen molar-refractivity contribution in [1.29, 1.82) is 0 Å². The molecular formula is C10H16O. The van der Waals surface area contributed by atoms with Crippen LogP contribution in [0.15, 0.2) is 0 Å². The molecule has 0 heterocycles. The van der Waals surface area contributed by atoms with E-state index in [1.165, 1.54) is 25.7 Å². The smallest absolute Gasteiger partial charge is 0.133 e. The summed E-state index contributed by atoms with van der Waals surface area (Å²) in [5, 5.41) is 0. The van der Waals surface area contributed by atoms with E-state index in [9.17, 15) is 4.79 Å². The minimum Gasteiger partial charge on any atom is -0.300 e. The van der Waals surface area contributed by atoms with Crippen molar-refractivity contribution < 1.29 is 4.79 Å². The van der Waals surface area contributed by atoms with Crippen LogP contribution in [0.25, 0.3) is 0 Å². The Labute approximate surface area is 68.2 Å². The summed E-state index contributed by atoms with van der Waals surface area (Å²) >= 11 is 0. The van der Waals surface area contributed by atoms with Gasteiger partial charge in [-0.25, -0.2) is 0 Å². The molecule has 0 aromatic carbocycles. The first-order valence-electron chi connectivity index (χ1n) is 4.72. The summed E-state index contributed by atoms with van der Waals surface area (Å²) in [4.78, 5) is 11.1. The number of carbonyl (C=O) groups excluding carboxylic acids is 1. The van der Waals surface area contributed by atoms with Crippen LogP contribution in [0.2, 0.25) is 0 Å². The van der Waals surface area contributed by atoms with Gasteiger partial charge in [-0.05, 0) is 30.6 Å². The second-order valence-electron chi connectivity index (χ2n) is 4.56. The summed E-state index contributed by atoms with van der Waals surface area (Å²) in [6.07, 6.45) is 6.95. The van der Waals surface area contributed by atoms with Crippen LogP contribution in [0.1, 0.15) is 45.4 Å². The first kappa shape index (κ1) is 7.33. The molecule has 0 bridgehead atoms. The molecule has 2 aliphatic carbocycles. The molecule has 2 rings (SSSR count). The van der Waals surface area contributed by atoms with Gasteiger partial charge in [-0.1, -0.05) is 13.3 Å². The highest BCUT2D eigenvalue weighted by molar-refractivity contribution is 5.81. The van der Waals surface area contributed by atoms with Crippen molar-refractivity contribution in [2.75, 3.05) is 0 Å². The maximum absolute atomic E-state index is 11.1. The Balaban J connectivity index is 2.07. The zero-order chi connectivity index (χ0) is 7.90. The topological polar surface area (TPSA) is 17.1 Å². The number of hydrogen-bond donors (Lipinski definition) is 0. The summed E-state index contributed by atoms with van der Waals surface area (Å²) in [7, 11) is 0. The minimum absolute atomic E-state index is 0.483. The molecule has 2 saturated carbocycles. The highest BCUT2D eigenvalue weighted by Crippen LogP contribution is 2.51. The zero-order valence-corrected chi connectivity index (χ0v) is 7.23. The van der Waals surface area contributed by atoms with E-state index in [1.807, 2.05) is 0 Å². The summed E-state index contributed by atoms with van der Waals surface area (Å²) in [6.45, 7) is 2.32. The zero-order valence-electron chi connectivity index (χ0n) is 7.23. The van der Waals surface area contributed by atoms with Crippen molar-refractivity contribution in [3.63, 3.8) is 0 Å². The number of hydrogen-bond acceptors (Lipinski definition) is 1. The fourth-order valence-electron chi connectivity index (χ4n) is 2.88. The Morgan fingerprint density at radius 2 is 2.27 bits per heavy atom. The van der Waals surface area contributed by atoms with E-state index in [-0.39, 0.29) is 0 Å². The highest BCUT2D eigenvalue weighted by Gasteiger charge is 2.42. The molecule has 2 unspecified atom stereocenters. The van der Waals surface area contributed by atoms with Crippen molar-refractivity contribution in [2.45, 2.75) is 45.4 Å². The first-order valence-corrected chi connectivity index (χ1v) is 4.72. The quantitative estimate of drug-likeness (QED) is 0.521. The average Bonchev–Trinajstić information content (AvgIpc) is 2.44. The Bertz CT molecular complexity index is 185. The second-order valence-corrected chi connectivity index (χ2v) is 4.56. The van der Waals surface area contributed by atoms with Gasteiger partial charge in [0, 0.05) is 12.8 Å². The van der Waals surface area contributed by atoms with Crippen LogP contribution in [0, 0.1) is 11.3 Å². The molecule has 0 aromatic heterocycles. The standard InChI is InChI=1S/C10H16O/c1-8-2-4-10(6-8)5-3-9(11)7-10/h8H,2-7H2,1H3. The lowest BCUT2D eigenvalue weighted by atomic mass is 9.84. The van der Waals surface area contributed by atoms with E-state index < -0.39 is 0 Å². The SMILES string of the molecule is CC1CCC2(CCC(=O)C2)C1. The van der Waals surface area contributed by atoms with Crippen molar-refractivity contribution >= 4 is 5.78 Å². The fraction of sp³-hybridized carbons (Fsp3) is 0.900. The third-order valence-corrected chi connectivity index (χ3v) is 3.46. The minimum atomic E-state index is 0.483.